The van der Waals surface area contributed by atoms with E-state index in [1.807, 2.05) is 35.8 Å². The number of nitrogens with zero attached hydrogens (tertiary/aromatic N) is 4. The van der Waals surface area contributed by atoms with E-state index in [4.69, 9.17) is 16.3 Å². The van der Waals surface area contributed by atoms with Crippen molar-refractivity contribution in [1.82, 2.24) is 20.1 Å². The number of thioether (sulfide) groups is 1. The third-order valence-corrected chi connectivity index (χ3v) is 5.83. The molecule has 0 spiro atoms. The van der Waals surface area contributed by atoms with E-state index in [1.165, 1.54) is 11.8 Å². The van der Waals surface area contributed by atoms with Crippen molar-refractivity contribution >= 4 is 35.2 Å². The molecule has 1 fully saturated rings. The molecule has 2 aromatic rings. The van der Waals surface area contributed by atoms with E-state index in [0.29, 0.717) is 23.3 Å². The van der Waals surface area contributed by atoms with Crippen LogP contribution in [0.4, 0.5) is 5.95 Å². The fourth-order valence-corrected chi connectivity index (χ4v) is 4.16. The molecule has 152 valence electrons. The van der Waals surface area contributed by atoms with E-state index in [1.54, 1.807) is 7.11 Å². The van der Waals surface area contributed by atoms with E-state index < -0.39 is 0 Å². The number of methoxy groups -OCH3 is 1. The smallest absolute Gasteiger partial charge is 0.233 e. The zero-order valence-electron chi connectivity index (χ0n) is 16.2. The van der Waals surface area contributed by atoms with Gasteiger partial charge in [0.1, 0.15) is 0 Å². The van der Waals surface area contributed by atoms with Gasteiger partial charge in [-0.15, -0.1) is 10.2 Å². The molecule has 0 saturated carbocycles. The first-order valence-electron chi connectivity index (χ1n) is 9.49. The Labute approximate surface area is 174 Å². The van der Waals surface area contributed by atoms with Crippen molar-refractivity contribution in [3.8, 4) is 5.69 Å². The number of ether oxygens (including phenoxy) is 1. The van der Waals surface area contributed by atoms with E-state index >= 15 is 0 Å². The number of hydrogen-bond donors (Lipinski definition) is 1. The summed E-state index contributed by atoms with van der Waals surface area (Å²) in [6.07, 6.45) is 3.08. The van der Waals surface area contributed by atoms with Gasteiger partial charge in [0.15, 0.2) is 5.16 Å². The van der Waals surface area contributed by atoms with Crippen molar-refractivity contribution in [1.29, 1.82) is 0 Å². The van der Waals surface area contributed by atoms with Gasteiger partial charge in [-0.3, -0.25) is 9.36 Å². The van der Waals surface area contributed by atoms with Crippen LogP contribution >= 0.6 is 23.4 Å². The molecule has 1 aromatic carbocycles. The van der Waals surface area contributed by atoms with Crippen LogP contribution < -0.4 is 10.2 Å². The molecular weight excluding hydrogens is 398 g/mol. The number of hydrogen-bond acceptors (Lipinski definition) is 6. The first kappa shape index (κ1) is 21.0. The molecule has 1 amide bonds. The summed E-state index contributed by atoms with van der Waals surface area (Å²) in [6.45, 7) is 5.02. The Morgan fingerprint density at radius 3 is 2.86 bits per heavy atom. The molecule has 1 unspecified atom stereocenters. The maximum atomic E-state index is 12.4. The van der Waals surface area contributed by atoms with Crippen molar-refractivity contribution < 1.29 is 9.53 Å². The minimum absolute atomic E-state index is 0.0236. The van der Waals surface area contributed by atoms with Crippen LogP contribution in [-0.4, -0.2) is 59.3 Å². The predicted molar refractivity (Wildman–Crippen MR) is 113 cm³/mol. The van der Waals surface area contributed by atoms with Gasteiger partial charge in [-0.2, -0.15) is 0 Å². The summed E-state index contributed by atoms with van der Waals surface area (Å²) in [7, 11) is 1.65. The standard InChI is InChI=1S/C19H26ClN5O2S/c1-14(17(26)21-9-6-12-27-2)28-19-23-22-18(24-10-3-4-11-24)25(19)16-8-5-7-15(20)13-16/h5,7-8,13-14H,3-4,6,9-12H2,1-2H3,(H,21,26). The summed E-state index contributed by atoms with van der Waals surface area (Å²) >= 11 is 7.62. The van der Waals surface area contributed by atoms with Crippen molar-refractivity contribution in [2.75, 3.05) is 38.3 Å². The van der Waals surface area contributed by atoms with Crippen LogP contribution in [0.3, 0.4) is 0 Å². The zero-order valence-corrected chi connectivity index (χ0v) is 17.8. The average molecular weight is 424 g/mol. The Morgan fingerprint density at radius 2 is 2.14 bits per heavy atom. The molecule has 1 aliphatic rings. The van der Waals surface area contributed by atoms with Gasteiger partial charge in [-0.25, -0.2) is 0 Å². The van der Waals surface area contributed by atoms with Crippen molar-refractivity contribution in [2.45, 2.75) is 36.6 Å². The quantitative estimate of drug-likeness (QED) is 0.493. The lowest BCUT2D eigenvalue weighted by Crippen LogP contribution is -2.32. The van der Waals surface area contributed by atoms with E-state index in [-0.39, 0.29) is 11.2 Å². The highest BCUT2D eigenvalue weighted by Crippen LogP contribution is 2.31. The van der Waals surface area contributed by atoms with E-state index in [9.17, 15) is 4.79 Å². The van der Waals surface area contributed by atoms with Crippen LogP contribution in [0.2, 0.25) is 5.02 Å². The second kappa shape index (κ2) is 10.1. The summed E-state index contributed by atoms with van der Waals surface area (Å²) in [6, 6.07) is 7.62. The zero-order chi connectivity index (χ0) is 19.9. The largest absolute Gasteiger partial charge is 0.385 e. The lowest BCUT2D eigenvalue weighted by atomic mass is 10.3. The maximum absolute atomic E-state index is 12.4. The fraction of sp³-hybridized carbons (Fsp3) is 0.526. The van der Waals surface area contributed by atoms with Crippen molar-refractivity contribution in [3.63, 3.8) is 0 Å². The van der Waals surface area contributed by atoms with Crippen LogP contribution in [-0.2, 0) is 9.53 Å². The topological polar surface area (TPSA) is 72.3 Å². The van der Waals surface area contributed by atoms with Gasteiger partial charge in [0.25, 0.3) is 0 Å². The summed E-state index contributed by atoms with van der Waals surface area (Å²) in [5.41, 5.74) is 0.898. The highest BCUT2D eigenvalue weighted by atomic mass is 35.5. The molecule has 0 aliphatic carbocycles. The number of carbonyl (C=O) groups excluding carboxylic acids is 1. The third-order valence-electron chi connectivity index (χ3n) is 4.55. The summed E-state index contributed by atoms with van der Waals surface area (Å²) in [5, 5.41) is 12.8. The fourth-order valence-electron chi connectivity index (χ4n) is 3.09. The molecule has 28 heavy (non-hydrogen) atoms. The van der Waals surface area contributed by atoms with Crippen LogP contribution in [0.15, 0.2) is 29.4 Å². The highest BCUT2D eigenvalue weighted by molar-refractivity contribution is 8.00. The first-order chi connectivity index (χ1) is 13.6. The molecule has 1 atom stereocenters. The lowest BCUT2D eigenvalue weighted by Gasteiger charge is -2.19. The molecular formula is C19H26ClN5O2S. The summed E-state index contributed by atoms with van der Waals surface area (Å²) < 4.78 is 7.01. The van der Waals surface area contributed by atoms with E-state index in [0.717, 1.165) is 44.0 Å². The number of carbonyl (C=O) groups is 1. The molecule has 2 heterocycles. The van der Waals surface area contributed by atoms with Crippen LogP contribution in [0.1, 0.15) is 26.2 Å². The number of anilines is 1. The van der Waals surface area contributed by atoms with E-state index in [2.05, 4.69) is 20.4 Å². The van der Waals surface area contributed by atoms with Crippen LogP contribution in [0, 0.1) is 0 Å². The van der Waals surface area contributed by atoms with Gasteiger partial charge in [0, 0.05) is 38.4 Å². The summed E-state index contributed by atoms with van der Waals surface area (Å²) in [4.78, 5) is 14.6. The predicted octanol–water partition coefficient (Wildman–Crippen LogP) is 3.15. The molecule has 3 rings (SSSR count). The molecule has 0 radical (unpaired) electrons. The Kier molecular flexibility index (Phi) is 7.58. The lowest BCUT2D eigenvalue weighted by molar-refractivity contribution is -0.120. The molecule has 0 bridgehead atoms. The second-order valence-corrected chi connectivity index (χ2v) is 8.43. The van der Waals surface area contributed by atoms with Gasteiger partial charge < -0.3 is 15.0 Å². The number of nitrogens with one attached hydrogen (secondary N) is 1. The molecule has 7 nitrogen and oxygen atoms in total. The molecule has 1 aliphatic heterocycles. The Morgan fingerprint density at radius 1 is 1.36 bits per heavy atom. The number of rotatable bonds is 9. The first-order valence-corrected chi connectivity index (χ1v) is 10.8. The molecule has 1 saturated heterocycles. The Hall–Kier alpha value is -1.77. The molecule has 1 aromatic heterocycles. The van der Waals surface area contributed by atoms with Gasteiger partial charge in [0.05, 0.1) is 10.9 Å². The van der Waals surface area contributed by atoms with Crippen molar-refractivity contribution in [3.05, 3.63) is 29.3 Å². The van der Waals surface area contributed by atoms with Crippen LogP contribution in [0.25, 0.3) is 5.69 Å². The van der Waals surface area contributed by atoms with Gasteiger partial charge in [-0.05, 0) is 44.4 Å². The van der Waals surface area contributed by atoms with Crippen molar-refractivity contribution in [2.24, 2.45) is 0 Å². The summed E-state index contributed by atoms with van der Waals surface area (Å²) in [5.74, 6) is 0.777. The second-order valence-electron chi connectivity index (χ2n) is 6.69. The molecule has 9 heteroatoms. The number of amides is 1. The minimum Gasteiger partial charge on any atom is -0.385 e. The highest BCUT2D eigenvalue weighted by Gasteiger charge is 2.25. The number of halogens is 1. The van der Waals surface area contributed by atoms with Gasteiger partial charge >= 0.3 is 0 Å². The molecule has 1 N–H and O–H groups in total. The maximum Gasteiger partial charge on any atom is 0.233 e. The Bertz CT molecular complexity index is 794. The SMILES string of the molecule is COCCCNC(=O)C(C)Sc1nnc(N2CCCC2)n1-c1cccc(Cl)c1. The van der Waals surface area contributed by atoms with Crippen LogP contribution in [0.5, 0.6) is 0 Å². The Balaban J connectivity index is 1.79. The van der Waals surface area contributed by atoms with Gasteiger partial charge in [-0.1, -0.05) is 29.4 Å². The number of aromatic nitrogens is 3. The normalized spacial score (nSPS) is 15.0. The minimum atomic E-state index is -0.295. The third kappa shape index (κ3) is 5.18. The van der Waals surface area contributed by atoms with Gasteiger partial charge in [0.2, 0.25) is 11.9 Å². The number of benzene rings is 1. The average Bonchev–Trinajstić information content (AvgIpc) is 3.34. The monoisotopic (exact) mass is 423 g/mol.